The number of amides is 1. The minimum Gasteiger partial charge on any atom is -0.343 e. The molecule has 0 aliphatic heterocycles. The summed E-state index contributed by atoms with van der Waals surface area (Å²) in [5, 5.41) is 19.6. The number of rotatable bonds is 4. The van der Waals surface area contributed by atoms with Crippen molar-refractivity contribution in [3.05, 3.63) is 58.8 Å². The molecular weight excluding hydrogens is 416 g/mol. The van der Waals surface area contributed by atoms with E-state index >= 15 is 0 Å². The van der Waals surface area contributed by atoms with E-state index in [1.807, 2.05) is 58.9 Å². The molecule has 1 amide bonds. The monoisotopic (exact) mass is 438 g/mol. The fourth-order valence-electron chi connectivity index (χ4n) is 3.35. The summed E-state index contributed by atoms with van der Waals surface area (Å²) in [5.74, 6) is -0.328. The molecule has 1 aromatic carbocycles. The molecule has 0 aliphatic carbocycles. The molecule has 0 fully saturated rings. The summed E-state index contributed by atoms with van der Waals surface area (Å²) in [7, 11) is 0. The van der Waals surface area contributed by atoms with Gasteiger partial charge in [-0.05, 0) is 63.1 Å². The second-order valence-corrected chi connectivity index (χ2v) is 8.80. The lowest BCUT2D eigenvalue weighted by Crippen LogP contribution is -2.29. The highest BCUT2D eigenvalue weighted by Crippen LogP contribution is 2.28. The highest BCUT2D eigenvalue weighted by atomic mass is 35.5. The molecule has 3 aromatic heterocycles. The number of hydrogen-bond acceptors (Lipinski definition) is 6. The van der Waals surface area contributed by atoms with Crippen LogP contribution in [0.3, 0.4) is 0 Å². The van der Waals surface area contributed by atoms with Gasteiger partial charge in [0.25, 0.3) is 11.7 Å². The van der Waals surface area contributed by atoms with Crippen molar-refractivity contribution in [3.8, 4) is 11.3 Å². The van der Waals surface area contributed by atoms with Crippen LogP contribution < -0.4 is 5.32 Å². The lowest BCUT2D eigenvalue weighted by molar-refractivity contribution is 0.0928. The first kappa shape index (κ1) is 20.9. The summed E-state index contributed by atoms with van der Waals surface area (Å²) in [5.41, 5.74) is 4.18. The van der Waals surface area contributed by atoms with Crippen LogP contribution in [-0.4, -0.2) is 40.7 Å². The van der Waals surface area contributed by atoms with Gasteiger partial charge in [0, 0.05) is 5.56 Å². The minimum absolute atomic E-state index is 0.0438. The summed E-state index contributed by atoms with van der Waals surface area (Å²) in [6.45, 7) is 9.73. The van der Waals surface area contributed by atoms with E-state index < -0.39 is 0 Å². The van der Waals surface area contributed by atoms with Crippen molar-refractivity contribution in [1.29, 1.82) is 0 Å². The number of nitrogens with one attached hydrogen (secondary N) is 1. The molecule has 0 saturated heterocycles. The molecule has 9 nitrogen and oxygen atoms in total. The van der Waals surface area contributed by atoms with Gasteiger partial charge in [0.05, 0.1) is 35.2 Å². The Kier molecular flexibility index (Phi) is 5.22. The molecule has 0 radical (unpaired) electrons. The molecule has 31 heavy (non-hydrogen) atoms. The van der Waals surface area contributed by atoms with E-state index in [-0.39, 0.29) is 23.3 Å². The molecule has 160 valence electrons. The Labute approximate surface area is 184 Å². The maximum atomic E-state index is 12.6. The van der Waals surface area contributed by atoms with Crippen LogP contribution in [-0.2, 0) is 5.54 Å². The Morgan fingerprint density at radius 2 is 2.00 bits per heavy atom. The number of carbonyl (C=O) groups excluding carboxylic acids is 1. The molecule has 3 heterocycles. The maximum Gasteiger partial charge on any atom is 0.293 e. The van der Waals surface area contributed by atoms with Crippen LogP contribution in [0.4, 0.5) is 0 Å². The third kappa shape index (κ3) is 4.13. The zero-order valence-electron chi connectivity index (χ0n) is 18.0. The van der Waals surface area contributed by atoms with Gasteiger partial charge < -0.3 is 5.32 Å². The molecule has 0 saturated carbocycles. The Bertz CT molecular complexity index is 1270. The number of fused-ring (bicyclic) bond motifs is 1. The SMILES string of the molecule is Cc1cc(-c2nc(Cl)cn3nccc23)ccc1[C@@H](C)NC(=O)c1nnn(C(C)(C)C)n1. The summed E-state index contributed by atoms with van der Waals surface area (Å²) < 4.78 is 1.70. The van der Waals surface area contributed by atoms with Crippen LogP contribution in [0.5, 0.6) is 0 Å². The molecule has 4 aromatic rings. The smallest absolute Gasteiger partial charge is 0.293 e. The van der Waals surface area contributed by atoms with Gasteiger partial charge in [0.1, 0.15) is 5.15 Å². The van der Waals surface area contributed by atoms with Gasteiger partial charge in [0.2, 0.25) is 0 Å². The van der Waals surface area contributed by atoms with Crippen molar-refractivity contribution in [2.75, 3.05) is 0 Å². The van der Waals surface area contributed by atoms with E-state index in [9.17, 15) is 4.79 Å². The van der Waals surface area contributed by atoms with Gasteiger partial charge in [-0.2, -0.15) is 9.90 Å². The van der Waals surface area contributed by atoms with Gasteiger partial charge in [-0.3, -0.25) is 4.79 Å². The van der Waals surface area contributed by atoms with Crippen molar-refractivity contribution in [1.82, 2.24) is 40.1 Å². The lowest BCUT2D eigenvalue weighted by atomic mass is 9.98. The molecule has 4 rings (SSSR count). The van der Waals surface area contributed by atoms with Gasteiger partial charge in [0.15, 0.2) is 0 Å². The van der Waals surface area contributed by atoms with Crippen molar-refractivity contribution < 1.29 is 4.79 Å². The number of benzene rings is 1. The van der Waals surface area contributed by atoms with Crippen molar-refractivity contribution in [2.24, 2.45) is 0 Å². The molecule has 1 N–H and O–H groups in total. The zero-order chi connectivity index (χ0) is 22.3. The average Bonchev–Trinajstić information content (AvgIpc) is 3.36. The van der Waals surface area contributed by atoms with E-state index in [0.29, 0.717) is 5.15 Å². The lowest BCUT2D eigenvalue weighted by Gasteiger charge is -2.17. The second kappa shape index (κ2) is 7.73. The van der Waals surface area contributed by atoms with Crippen LogP contribution in [0.25, 0.3) is 16.8 Å². The van der Waals surface area contributed by atoms with E-state index in [0.717, 1.165) is 27.9 Å². The van der Waals surface area contributed by atoms with E-state index in [1.54, 1.807) is 16.9 Å². The molecule has 1 atom stereocenters. The Morgan fingerprint density at radius 1 is 1.23 bits per heavy atom. The maximum absolute atomic E-state index is 12.6. The van der Waals surface area contributed by atoms with Crippen LogP contribution in [0.15, 0.2) is 36.7 Å². The van der Waals surface area contributed by atoms with Gasteiger partial charge >= 0.3 is 0 Å². The van der Waals surface area contributed by atoms with Crippen molar-refractivity contribution >= 4 is 23.0 Å². The average molecular weight is 439 g/mol. The summed E-state index contributed by atoms with van der Waals surface area (Å²) in [4.78, 5) is 18.5. The van der Waals surface area contributed by atoms with Crippen LogP contribution >= 0.6 is 11.6 Å². The van der Waals surface area contributed by atoms with E-state index in [2.05, 4.69) is 30.8 Å². The quantitative estimate of drug-likeness (QED) is 0.522. The zero-order valence-corrected chi connectivity index (χ0v) is 18.7. The number of nitrogens with zero attached hydrogens (tertiary/aromatic N) is 7. The first-order valence-electron chi connectivity index (χ1n) is 9.85. The minimum atomic E-state index is -0.371. The number of aromatic nitrogens is 7. The highest BCUT2D eigenvalue weighted by molar-refractivity contribution is 6.29. The first-order chi connectivity index (χ1) is 14.6. The standard InChI is InChI=1S/C21H23ClN8O/c1-12-10-14(18-16-8-9-23-29(16)11-17(22)25-18)6-7-15(12)13(2)24-20(31)19-26-28-30(27-19)21(3,4)5/h6-11,13H,1-5H3,(H,24,31)/t13-/m1/s1. The number of halogens is 1. The number of hydrogen-bond donors (Lipinski definition) is 1. The predicted octanol–water partition coefficient (Wildman–Crippen LogP) is 3.59. The van der Waals surface area contributed by atoms with Crippen LogP contribution in [0, 0.1) is 6.92 Å². The van der Waals surface area contributed by atoms with Crippen LogP contribution in [0.2, 0.25) is 5.15 Å². The second-order valence-electron chi connectivity index (χ2n) is 8.41. The summed E-state index contributed by atoms with van der Waals surface area (Å²) >= 11 is 6.16. The van der Waals surface area contributed by atoms with E-state index in [1.165, 1.54) is 4.80 Å². The fraction of sp³-hybridized carbons (Fsp3) is 0.333. The molecular formula is C21H23ClN8O. The molecule has 0 spiro atoms. The largest absolute Gasteiger partial charge is 0.343 e. The third-order valence-electron chi connectivity index (χ3n) is 4.93. The number of tetrazole rings is 1. The van der Waals surface area contributed by atoms with Gasteiger partial charge in [-0.15, -0.1) is 10.2 Å². The molecule has 0 aliphatic rings. The van der Waals surface area contributed by atoms with Crippen molar-refractivity contribution in [2.45, 2.75) is 46.2 Å². The van der Waals surface area contributed by atoms with Crippen molar-refractivity contribution in [3.63, 3.8) is 0 Å². The summed E-state index contributed by atoms with van der Waals surface area (Å²) in [6, 6.07) is 7.61. The fourth-order valence-corrected chi connectivity index (χ4v) is 3.53. The normalized spacial score (nSPS) is 12.8. The third-order valence-corrected chi connectivity index (χ3v) is 5.12. The van der Waals surface area contributed by atoms with Crippen LogP contribution in [0.1, 0.15) is 55.5 Å². The highest BCUT2D eigenvalue weighted by Gasteiger charge is 2.22. The van der Waals surface area contributed by atoms with E-state index in [4.69, 9.17) is 11.6 Å². The Hall–Kier alpha value is -3.33. The molecule has 0 bridgehead atoms. The molecule has 0 unspecified atom stereocenters. The predicted molar refractivity (Wildman–Crippen MR) is 117 cm³/mol. The topological polar surface area (TPSA) is 103 Å². The summed E-state index contributed by atoms with van der Waals surface area (Å²) in [6.07, 6.45) is 3.38. The Morgan fingerprint density at radius 3 is 2.68 bits per heavy atom. The number of aryl methyl sites for hydroxylation is 1. The molecule has 10 heteroatoms. The first-order valence-corrected chi connectivity index (χ1v) is 10.2. The Balaban J connectivity index is 1.57. The van der Waals surface area contributed by atoms with Gasteiger partial charge in [-0.1, -0.05) is 23.7 Å². The number of carbonyl (C=O) groups is 1. The van der Waals surface area contributed by atoms with Gasteiger partial charge in [-0.25, -0.2) is 9.50 Å².